The van der Waals surface area contributed by atoms with Crippen molar-refractivity contribution in [1.29, 1.82) is 0 Å². The van der Waals surface area contributed by atoms with Gasteiger partial charge in [0, 0.05) is 43.2 Å². The summed E-state index contributed by atoms with van der Waals surface area (Å²) >= 11 is 0. The van der Waals surface area contributed by atoms with Gasteiger partial charge in [0.15, 0.2) is 17.9 Å². The Hall–Kier alpha value is -8.28. The van der Waals surface area contributed by atoms with Crippen LogP contribution in [-0.4, -0.2) is 163 Å². The van der Waals surface area contributed by atoms with Gasteiger partial charge in [0.1, 0.15) is 36.3 Å². The highest BCUT2D eigenvalue weighted by Gasteiger charge is 2.33. The molecule has 0 spiro atoms. The third-order valence-corrected chi connectivity index (χ3v) is 11.4. The minimum Gasteiger partial charge on any atom is -0.480 e. The summed E-state index contributed by atoms with van der Waals surface area (Å²) in [6, 6.07) is -0.416. The number of carboxylic acids is 1. The van der Waals surface area contributed by atoms with Gasteiger partial charge in [0.2, 0.25) is 47.3 Å². The molecule has 0 bridgehead atoms. The molecular formula is C46H78N20O10. The van der Waals surface area contributed by atoms with Crippen molar-refractivity contribution in [2.75, 3.05) is 45.8 Å². The van der Waals surface area contributed by atoms with Crippen molar-refractivity contribution in [3.8, 4) is 0 Å². The molecule has 2 aromatic rings. The highest BCUT2D eigenvalue weighted by Crippen LogP contribution is 2.20. The molecule has 8 amide bonds. The van der Waals surface area contributed by atoms with Gasteiger partial charge in [-0.25, -0.2) is 4.79 Å². The number of unbranched alkanes of at least 4 members (excludes halogenated alkanes) is 1. The summed E-state index contributed by atoms with van der Waals surface area (Å²) in [4.78, 5) is 134. The Balaban J connectivity index is 2.35. The number of carbonyl (C=O) groups is 9. The van der Waals surface area contributed by atoms with E-state index in [-0.39, 0.29) is 88.9 Å². The molecule has 26 N–H and O–H groups in total. The zero-order valence-corrected chi connectivity index (χ0v) is 43.0. The highest BCUT2D eigenvalue weighted by atomic mass is 16.4. The lowest BCUT2D eigenvalue weighted by molar-refractivity contribution is -0.142. The highest BCUT2D eigenvalue weighted by molar-refractivity contribution is 5.97. The summed E-state index contributed by atoms with van der Waals surface area (Å²) in [7, 11) is 0. The van der Waals surface area contributed by atoms with Crippen molar-refractivity contribution in [3.63, 3.8) is 0 Å². The number of aliphatic imine (C=N–C) groups is 3. The molecule has 1 aromatic carbocycles. The summed E-state index contributed by atoms with van der Waals surface area (Å²) in [5, 5.41) is 30.7. The van der Waals surface area contributed by atoms with Crippen LogP contribution in [0.2, 0.25) is 0 Å². The number of benzene rings is 1. The van der Waals surface area contributed by atoms with Crippen molar-refractivity contribution in [3.05, 3.63) is 36.0 Å². The Bertz CT molecular complexity index is 2350. The van der Waals surface area contributed by atoms with Crippen LogP contribution in [0.4, 0.5) is 0 Å². The van der Waals surface area contributed by atoms with Crippen LogP contribution in [0.3, 0.4) is 0 Å². The number of fused-ring (bicyclic) bond motifs is 1. The van der Waals surface area contributed by atoms with Gasteiger partial charge in [-0.2, -0.15) is 0 Å². The van der Waals surface area contributed by atoms with Crippen LogP contribution in [0.1, 0.15) is 77.2 Å². The lowest BCUT2D eigenvalue weighted by atomic mass is 9.99. The second kappa shape index (κ2) is 34.3. The summed E-state index contributed by atoms with van der Waals surface area (Å²) in [5.74, 6) is -8.74. The van der Waals surface area contributed by atoms with E-state index < -0.39 is 115 Å². The molecule has 1 aromatic heterocycles. The van der Waals surface area contributed by atoms with Crippen molar-refractivity contribution in [2.24, 2.45) is 66.8 Å². The number of aromatic amines is 1. The van der Waals surface area contributed by atoms with Gasteiger partial charge < -0.3 is 98.5 Å². The van der Waals surface area contributed by atoms with Crippen LogP contribution in [0, 0.1) is 5.92 Å². The van der Waals surface area contributed by atoms with Gasteiger partial charge in [-0.05, 0) is 81.9 Å². The number of nitrogens with one attached hydrogen (secondary N) is 9. The lowest BCUT2D eigenvalue weighted by Gasteiger charge is -2.28. The van der Waals surface area contributed by atoms with Crippen molar-refractivity contribution in [2.45, 2.75) is 114 Å². The van der Waals surface area contributed by atoms with Crippen LogP contribution in [-0.2, 0) is 49.6 Å². The van der Waals surface area contributed by atoms with Crippen molar-refractivity contribution < 1.29 is 48.3 Å². The second-order valence-electron chi connectivity index (χ2n) is 17.9. The number of hydrogen-bond donors (Lipinski definition) is 18. The quantitative estimate of drug-likeness (QED) is 0.0172. The minimum atomic E-state index is -1.37. The summed E-state index contributed by atoms with van der Waals surface area (Å²) < 4.78 is 0. The van der Waals surface area contributed by atoms with Crippen LogP contribution >= 0.6 is 0 Å². The third-order valence-electron chi connectivity index (χ3n) is 11.4. The molecular weight excluding hydrogens is 993 g/mol. The molecule has 0 saturated carbocycles. The number of rotatable bonds is 36. The van der Waals surface area contributed by atoms with E-state index in [0.717, 1.165) is 10.9 Å². The zero-order chi connectivity index (χ0) is 56.7. The molecule has 0 radical (unpaired) electrons. The topological polar surface area (TPSA) is 531 Å². The first-order valence-electron chi connectivity index (χ1n) is 24.7. The van der Waals surface area contributed by atoms with Crippen LogP contribution in [0.5, 0.6) is 0 Å². The Kier molecular flexibility index (Phi) is 28.8. The largest absolute Gasteiger partial charge is 0.480 e. The molecule has 30 heteroatoms. The fourth-order valence-electron chi connectivity index (χ4n) is 7.44. The SMILES string of the molecule is CC(C)[C@H](NC(=O)[C@H](CCCN=C(N)N)NC(=O)[C@H](CCCCN)NC(=O)CN)C(=O)N[C@@H](Cc1c[nH]c2ccccc12)C(=O)NCC(=O)N[C@@H](CCCN=C(N)N)C(=O)NCC(=O)N[C@@H](CCCN=C(N)N)C(=O)O. The molecule has 0 unspecified atom stereocenters. The smallest absolute Gasteiger partial charge is 0.326 e. The number of hydrogen-bond acceptors (Lipinski definition) is 14. The summed E-state index contributed by atoms with van der Waals surface area (Å²) in [6.45, 7) is 2.14. The lowest BCUT2D eigenvalue weighted by Crippen LogP contribution is -2.60. The average molecular weight is 1070 g/mol. The molecule has 0 fully saturated rings. The van der Waals surface area contributed by atoms with Gasteiger partial charge >= 0.3 is 5.97 Å². The predicted octanol–water partition coefficient (Wildman–Crippen LogP) is -6.16. The Morgan fingerprint density at radius 1 is 0.539 bits per heavy atom. The number of carboxylic acid groups (broad SMARTS) is 1. The van der Waals surface area contributed by atoms with Gasteiger partial charge in [-0.15, -0.1) is 0 Å². The molecule has 0 aliphatic rings. The van der Waals surface area contributed by atoms with E-state index in [1.165, 1.54) is 0 Å². The van der Waals surface area contributed by atoms with E-state index in [0.29, 0.717) is 24.9 Å². The Labute approximate surface area is 439 Å². The molecule has 1 heterocycles. The molecule has 0 aliphatic carbocycles. The number of para-hydroxylation sites is 1. The van der Waals surface area contributed by atoms with E-state index in [1.54, 1.807) is 38.2 Å². The molecule has 76 heavy (non-hydrogen) atoms. The summed E-state index contributed by atoms with van der Waals surface area (Å²) in [5.41, 5.74) is 44.9. The first-order chi connectivity index (χ1) is 36.1. The molecule has 6 atom stereocenters. The normalized spacial score (nSPS) is 13.2. The molecule has 2 rings (SSSR count). The number of carbonyl (C=O) groups excluding carboxylic acids is 8. The maximum absolute atomic E-state index is 14.3. The molecule has 422 valence electrons. The minimum absolute atomic E-state index is 0.000217. The monoisotopic (exact) mass is 1070 g/mol. The van der Waals surface area contributed by atoms with Crippen molar-refractivity contribution in [1.82, 2.24) is 47.5 Å². The Morgan fingerprint density at radius 3 is 1.50 bits per heavy atom. The number of nitrogens with two attached hydrogens (primary N) is 8. The van der Waals surface area contributed by atoms with Gasteiger partial charge in [-0.3, -0.25) is 53.3 Å². The third kappa shape index (κ3) is 24.6. The Morgan fingerprint density at radius 2 is 0.987 bits per heavy atom. The first kappa shape index (κ1) is 63.8. The number of guanidine groups is 3. The zero-order valence-electron chi connectivity index (χ0n) is 43.0. The number of amides is 8. The molecule has 30 nitrogen and oxygen atoms in total. The maximum Gasteiger partial charge on any atom is 0.326 e. The van der Waals surface area contributed by atoms with E-state index in [2.05, 4.69) is 62.5 Å². The van der Waals surface area contributed by atoms with Crippen LogP contribution in [0.15, 0.2) is 45.4 Å². The maximum atomic E-state index is 14.3. The molecule has 0 aliphatic heterocycles. The average Bonchev–Trinajstić information content (AvgIpc) is 3.77. The van der Waals surface area contributed by atoms with E-state index in [1.807, 2.05) is 6.07 Å². The number of aliphatic carboxylic acids is 1. The predicted molar refractivity (Wildman–Crippen MR) is 284 cm³/mol. The number of nitrogens with zero attached hydrogens (tertiary/aromatic N) is 3. The molecule has 0 saturated heterocycles. The number of aromatic nitrogens is 1. The van der Waals surface area contributed by atoms with E-state index in [9.17, 15) is 48.3 Å². The standard InChI is InChI=1S/C46H78N20O10/c1-25(2)37(66-41(73)31(14-8-18-56-45(51)52)64-40(72)30(12-5-6-16-47)61-34(67)21-48)42(74)65-33(20-26-22-58-28-11-4-3-10-27(26)28)39(71)60-23-35(68)62-29(13-7-17-55-44(49)50)38(70)59-24-36(69)63-32(43(75)76)15-9-19-57-46(53)54/h3-4,10-11,22,25,29-33,37,58H,5-9,12-21,23-24,47-48H2,1-2H3,(H,59,70)(H,60,71)(H,61,67)(H,62,68)(H,63,69)(H,64,72)(H,65,74)(H,66,73)(H,75,76)(H4,49,50,55)(H4,51,52,56)(H4,53,54,57)/t29-,30-,31-,32-,33-,37-/m0/s1. The van der Waals surface area contributed by atoms with Gasteiger partial charge in [-0.1, -0.05) is 32.0 Å². The van der Waals surface area contributed by atoms with Gasteiger partial charge in [0.25, 0.3) is 0 Å². The fourth-order valence-corrected chi connectivity index (χ4v) is 7.44. The van der Waals surface area contributed by atoms with Crippen LogP contribution < -0.4 is 88.4 Å². The van der Waals surface area contributed by atoms with Crippen molar-refractivity contribution >= 4 is 82.0 Å². The number of H-pyrrole nitrogens is 1. The fraction of sp³-hybridized carbons (Fsp3) is 0.565. The van der Waals surface area contributed by atoms with E-state index in [4.69, 9.17) is 45.9 Å². The van der Waals surface area contributed by atoms with Gasteiger partial charge in [0.05, 0.1) is 19.6 Å². The van der Waals surface area contributed by atoms with Crippen LogP contribution in [0.25, 0.3) is 10.9 Å². The van der Waals surface area contributed by atoms with E-state index >= 15 is 0 Å². The summed E-state index contributed by atoms with van der Waals surface area (Å²) in [6.07, 6.45) is 3.30. The first-order valence-corrected chi connectivity index (χ1v) is 24.7. The second-order valence-corrected chi connectivity index (χ2v) is 17.9.